The van der Waals surface area contributed by atoms with Crippen LogP contribution in [-0.4, -0.2) is 19.9 Å². The highest BCUT2D eigenvalue weighted by molar-refractivity contribution is 5.26. The highest BCUT2D eigenvalue weighted by Crippen LogP contribution is 2.29. The molecule has 4 nitrogen and oxygen atoms in total. The minimum absolute atomic E-state index is 0.0885. The molecule has 0 aliphatic rings. The Bertz CT molecular complexity index is 2920. The van der Waals surface area contributed by atoms with Gasteiger partial charge >= 0.3 is 6.18 Å². The number of benzene rings is 7. The molecule has 0 fully saturated rings. The second-order valence-corrected chi connectivity index (χ2v) is 18.6. The van der Waals surface area contributed by atoms with Crippen LogP contribution in [-0.2, 0) is 6.18 Å². The number of alkyl halides is 3. The van der Waals surface area contributed by atoms with Crippen molar-refractivity contribution in [2.75, 3.05) is 0 Å². The summed E-state index contributed by atoms with van der Waals surface area (Å²) in [7, 11) is 0. The number of hydrogen-bond donors (Lipinski definition) is 0. The lowest BCUT2D eigenvalue weighted by Gasteiger charge is -2.05. The zero-order valence-electron chi connectivity index (χ0n) is 49.2. The van der Waals surface area contributed by atoms with E-state index in [0.717, 1.165) is 40.3 Å². The van der Waals surface area contributed by atoms with Crippen molar-refractivity contribution in [2.24, 2.45) is 0 Å². The summed E-state index contributed by atoms with van der Waals surface area (Å²) in [5, 5.41) is 0. The first kappa shape index (κ1) is 71.4. The molecule has 0 aliphatic heterocycles. The van der Waals surface area contributed by atoms with Gasteiger partial charge in [-0.15, -0.1) is 0 Å². The molecule has 0 saturated heterocycles. The van der Waals surface area contributed by atoms with Gasteiger partial charge in [0.15, 0.2) is 0 Å². The van der Waals surface area contributed by atoms with Crippen LogP contribution in [0.4, 0.5) is 35.1 Å². The molecule has 0 radical (unpaired) electrons. The number of aromatic nitrogens is 4. The Labute approximate surface area is 481 Å². The fourth-order valence-electron chi connectivity index (χ4n) is 5.86. The zero-order chi connectivity index (χ0) is 61.5. The highest BCUT2D eigenvalue weighted by atomic mass is 19.4. The molecule has 0 aliphatic carbocycles. The zero-order valence-corrected chi connectivity index (χ0v) is 49.2. The summed E-state index contributed by atoms with van der Waals surface area (Å²) in [4.78, 5) is 15.6. The lowest BCUT2D eigenvalue weighted by atomic mass is 10.1. The molecule has 0 atom stereocenters. The van der Waals surface area contributed by atoms with Crippen LogP contribution in [0.2, 0.25) is 0 Å². The molecule has 0 spiro atoms. The van der Waals surface area contributed by atoms with E-state index < -0.39 is 23.4 Å². The Balaban J connectivity index is 0.000000457. The standard InChI is InChI=1S/C8H7F3.C8H8F2.2C8H9F.C7H7F.2C7H8.2C6H7N.C5H6N2/c1-6-3-2-4-7(5-6)8(9,10)11;1-5-3-7(9)6(2)8(10)4-5;2*1-6-3-4-7(2)8(9)5-6;1-6-2-4-7(8)5-3-6;2*1-7-5-3-2-4-6-7;1-6-3-2-4-7-5-6;1-6-4-2-3-5-7-6;1-5-6-3-2-4-7-5/h2-5H,1H3;3-4H,1-2H3;2*3-5H,1-2H3;2-5H,1H3;2*2-6H,1H3;2*2-5H,1H3;2-4H,1H3. The quantitative estimate of drug-likeness (QED) is 0.142. The third-order valence-electron chi connectivity index (χ3n) is 10.6. The molecule has 0 amide bonds. The van der Waals surface area contributed by atoms with E-state index in [0.29, 0.717) is 22.3 Å². The van der Waals surface area contributed by atoms with Gasteiger partial charge in [-0.1, -0.05) is 150 Å². The van der Waals surface area contributed by atoms with Gasteiger partial charge in [-0.2, -0.15) is 13.2 Å². The number of rotatable bonds is 0. The third-order valence-corrected chi connectivity index (χ3v) is 10.6. The van der Waals surface area contributed by atoms with Crippen LogP contribution in [0, 0.1) is 119 Å². The van der Waals surface area contributed by atoms with Gasteiger partial charge in [0.25, 0.3) is 0 Å². The molecule has 3 heterocycles. The molecule has 432 valence electrons. The van der Waals surface area contributed by atoms with Crippen LogP contribution in [0.15, 0.2) is 225 Å². The van der Waals surface area contributed by atoms with E-state index >= 15 is 0 Å². The molecular weight excluding hydrogens is 1050 g/mol. The van der Waals surface area contributed by atoms with E-state index in [-0.39, 0.29) is 23.0 Å². The summed E-state index contributed by atoms with van der Waals surface area (Å²) in [6.07, 6.45) is 4.62. The van der Waals surface area contributed by atoms with Crippen molar-refractivity contribution >= 4 is 0 Å². The summed E-state index contributed by atoms with van der Waals surface area (Å²) in [5.41, 5.74) is 10.1. The first-order valence-corrected chi connectivity index (χ1v) is 26.0. The van der Waals surface area contributed by atoms with Gasteiger partial charge in [0.2, 0.25) is 0 Å². The molecule has 12 heteroatoms. The summed E-state index contributed by atoms with van der Waals surface area (Å²) in [6.45, 7) is 23.9. The van der Waals surface area contributed by atoms with Crippen molar-refractivity contribution in [1.82, 2.24) is 19.9 Å². The first-order chi connectivity index (χ1) is 38.8. The monoisotopic (exact) mass is 1120 g/mol. The van der Waals surface area contributed by atoms with Crippen molar-refractivity contribution in [3.63, 3.8) is 0 Å². The van der Waals surface area contributed by atoms with Crippen LogP contribution in [0.1, 0.15) is 78.3 Å². The van der Waals surface area contributed by atoms with Gasteiger partial charge < -0.3 is 0 Å². The van der Waals surface area contributed by atoms with Crippen molar-refractivity contribution < 1.29 is 35.1 Å². The SMILES string of the molecule is Cc1cc(F)c(C)c(F)c1.Cc1ccc(C)c(F)c1.Cc1ccc(C)c(F)c1.Cc1ccc(F)cc1.Cc1cccc(C(F)(F)F)c1.Cc1ccccc1.Cc1ccccc1.Cc1ccccn1.Cc1cccnc1.Cc1ncccn1. The van der Waals surface area contributed by atoms with E-state index in [1.54, 1.807) is 88.9 Å². The predicted octanol–water partition coefficient (Wildman–Crippen LogP) is 20.2. The molecule has 7 aromatic carbocycles. The molecule has 0 bridgehead atoms. The molecule has 10 rings (SSSR count). The largest absolute Gasteiger partial charge is 0.416 e. The van der Waals surface area contributed by atoms with Crippen molar-refractivity contribution in [3.8, 4) is 0 Å². The van der Waals surface area contributed by atoms with Gasteiger partial charge in [0, 0.05) is 42.2 Å². The number of halogens is 8. The van der Waals surface area contributed by atoms with Crippen molar-refractivity contribution in [3.05, 3.63) is 332 Å². The second-order valence-electron chi connectivity index (χ2n) is 18.6. The van der Waals surface area contributed by atoms with Crippen LogP contribution in [0.25, 0.3) is 0 Å². The lowest BCUT2D eigenvalue weighted by Crippen LogP contribution is -2.04. The fourth-order valence-corrected chi connectivity index (χ4v) is 5.86. The van der Waals surface area contributed by atoms with Crippen LogP contribution in [0.5, 0.6) is 0 Å². The molecule has 10 aromatic rings. The Morgan fingerprint density at radius 3 is 0.988 bits per heavy atom. The number of pyridine rings is 2. The van der Waals surface area contributed by atoms with Crippen LogP contribution >= 0.6 is 0 Å². The number of hydrogen-bond acceptors (Lipinski definition) is 4. The van der Waals surface area contributed by atoms with Gasteiger partial charge in [0.05, 0.1) is 5.56 Å². The Kier molecular flexibility index (Phi) is 35.3. The smallest absolute Gasteiger partial charge is 0.264 e. The van der Waals surface area contributed by atoms with Crippen LogP contribution < -0.4 is 0 Å². The number of aryl methyl sites for hydroxylation is 12. The minimum Gasteiger partial charge on any atom is -0.264 e. The Morgan fingerprint density at radius 2 is 0.707 bits per heavy atom. The first-order valence-electron chi connectivity index (χ1n) is 26.0. The molecule has 0 unspecified atom stereocenters. The number of nitrogens with zero attached hydrogens (tertiary/aromatic N) is 4. The Morgan fingerprint density at radius 1 is 0.305 bits per heavy atom. The van der Waals surface area contributed by atoms with E-state index in [9.17, 15) is 35.1 Å². The topological polar surface area (TPSA) is 51.6 Å². The average molecular weight is 1130 g/mol. The molecule has 0 N–H and O–H groups in total. The summed E-state index contributed by atoms with van der Waals surface area (Å²) in [5.74, 6) is -0.530. The summed E-state index contributed by atoms with van der Waals surface area (Å²) >= 11 is 0. The van der Waals surface area contributed by atoms with E-state index in [1.807, 2.05) is 127 Å². The molecule has 0 saturated carbocycles. The predicted molar refractivity (Wildman–Crippen MR) is 322 cm³/mol. The van der Waals surface area contributed by atoms with Gasteiger partial charge in [-0.25, -0.2) is 31.9 Å². The van der Waals surface area contributed by atoms with Gasteiger partial charge in [-0.3, -0.25) is 9.97 Å². The van der Waals surface area contributed by atoms with Crippen molar-refractivity contribution in [2.45, 2.75) is 96.2 Å². The molecular formula is C70H76F8N4. The summed E-state index contributed by atoms with van der Waals surface area (Å²) < 4.78 is 98.4. The highest BCUT2D eigenvalue weighted by Gasteiger charge is 2.29. The fraction of sp³-hybridized carbons (Fsp3) is 0.200. The molecule has 82 heavy (non-hydrogen) atoms. The molecule has 3 aromatic heterocycles. The van der Waals surface area contributed by atoms with E-state index in [4.69, 9.17) is 0 Å². The average Bonchev–Trinajstić information content (AvgIpc) is 3.47. The minimum atomic E-state index is -4.22. The summed E-state index contributed by atoms with van der Waals surface area (Å²) in [6, 6.07) is 56.8. The van der Waals surface area contributed by atoms with Gasteiger partial charge in [0.1, 0.15) is 34.9 Å². The lowest BCUT2D eigenvalue weighted by molar-refractivity contribution is -0.137. The van der Waals surface area contributed by atoms with E-state index in [2.05, 4.69) is 58.0 Å². The van der Waals surface area contributed by atoms with Crippen molar-refractivity contribution in [1.29, 1.82) is 0 Å². The third kappa shape index (κ3) is 35.8. The maximum atomic E-state index is 12.6. The Hall–Kier alpha value is -8.64. The van der Waals surface area contributed by atoms with E-state index in [1.165, 1.54) is 66.1 Å². The van der Waals surface area contributed by atoms with Crippen LogP contribution in [0.3, 0.4) is 0 Å². The van der Waals surface area contributed by atoms with Gasteiger partial charge in [-0.05, 0) is 190 Å². The second kappa shape index (κ2) is 40.5. The maximum absolute atomic E-state index is 12.6. The normalized spacial score (nSPS) is 9.52. The maximum Gasteiger partial charge on any atom is 0.416 e.